The maximum Gasteiger partial charge on any atom is 0.0875 e. The summed E-state index contributed by atoms with van der Waals surface area (Å²) in [7, 11) is 1.74. The molecule has 4 aromatic rings. The van der Waals surface area contributed by atoms with Crippen molar-refractivity contribution in [3.8, 4) is 0 Å². The predicted molar refractivity (Wildman–Crippen MR) is 118 cm³/mol. The molecule has 4 heteroatoms. The number of hydrazine groups is 1. The van der Waals surface area contributed by atoms with Crippen LogP contribution in [0.4, 0.5) is 0 Å². The van der Waals surface area contributed by atoms with E-state index in [-0.39, 0.29) is 0 Å². The minimum atomic E-state index is 0.417. The molecule has 4 rings (SSSR count). The standard InChI is InChI=1S/C24H27N3O/c1-27(26)15-21(25)16-28-14-3-2-5-17-8-9-20-11-10-18-6-4-7-19-12-13-22(17)24(20)23(18)19/h4,6-13,15H,2-3,5,14,16,25-26H2,1H3/b21-15-. The van der Waals surface area contributed by atoms with Crippen LogP contribution in [0.1, 0.15) is 18.4 Å². The fraction of sp³-hybridized carbons (Fsp3) is 0.250. The largest absolute Gasteiger partial charge is 0.399 e. The summed E-state index contributed by atoms with van der Waals surface area (Å²) in [5.41, 5.74) is 7.88. The first-order valence-corrected chi connectivity index (χ1v) is 9.80. The van der Waals surface area contributed by atoms with Crippen LogP contribution in [0.2, 0.25) is 0 Å². The van der Waals surface area contributed by atoms with Crippen molar-refractivity contribution in [2.24, 2.45) is 11.6 Å². The van der Waals surface area contributed by atoms with Gasteiger partial charge < -0.3 is 15.5 Å². The van der Waals surface area contributed by atoms with Gasteiger partial charge in [-0.15, -0.1) is 0 Å². The Hall–Kier alpha value is -2.82. The van der Waals surface area contributed by atoms with Crippen molar-refractivity contribution in [3.63, 3.8) is 0 Å². The van der Waals surface area contributed by atoms with Crippen LogP contribution in [-0.4, -0.2) is 25.3 Å². The highest BCUT2D eigenvalue weighted by Gasteiger charge is 2.10. The summed E-state index contributed by atoms with van der Waals surface area (Å²) in [6, 6.07) is 20.1. The molecule has 0 unspecified atom stereocenters. The number of hydrogen-bond donors (Lipinski definition) is 2. The number of ether oxygens (including phenoxy) is 1. The van der Waals surface area contributed by atoms with E-state index in [1.165, 1.54) is 42.9 Å². The molecule has 4 N–H and O–H groups in total. The SMILES string of the molecule is CN(N)/C=C(\N)COCCCCc1ccc2ccc3cccc4ccc1c2c34. The Balaban J connectivity index is 1.45. The van der Waals surface area contributed by atoms with E-state index < -0.39 is 0 Å². The quantitative estimate of drug-likeness (QED) is 0.206. The number of nitrogens with zero attached hydrogens (tertiary/aromatic N) is 1. The maximum atomic E-state index is 5.83. The normalized spacial score (nSPS) is 12.4. The van der Waals surface area contributed by atoms with Crippen molar-refractivity contribution in [2.45, 2.75) is 19.3 Å². The van der Waals surface area contributed by atoms with Gasteiger partial charge in [-0.3, -0.25) is 0 Å². The summed E-state index contributed by atoms with van der Waals surface area (Å²) in [4.78, 5) is 0. The molecule has 0 aromatic heterocycles. The Morgan fingerprint density at radius 2 is 1.61 bits per heavy atom. The first kappa shape index (κ1) is 18.5. The average molecular weight is 374 g/mol. The molecule has 0 amide bonds. The zero-order chi connectivity index (χ0) is 19.5. The Morgan fingerprint density at radius 3 is 2.36 bits per heavy atom. The zero-order valence-corrected chi connectivity index (χ0v) is 16.3. The number of rotatable bonds is 8. The molecule has 144 valence electrons. The highest BCUT2D eigenvalue weighted by atomic mass is 16.5. The van der Waals surface area contributed by atoms with Crippen molar-refractivity contribution in [2.75, 3.05) is 20.3 Å². The molecule has 0 bridgehead atoms. The van der Waals surface area contributed by atoms with Crippen molar-refractivity contribution >= 4 is 32.3 Å². The number of aryl methyl sites for hydroxylation is 1. The van der Waals surface area contributed by atoms with Crippen LogP contribution in [0.3, 0.4) is 0 Å². The fourth-order valence-corrected chi connectivity index (χ4v) is 4.02. The van der Waals surface area contributed by atoms with E-state index in [2.05, 4.69) is 54.6 Å². The Morgan fingerprint density at radius 1 is 0.929 bits per heavy atom. The predicted octanol–water partition coefficient (Wildman–Crippen LogP) is 4.53. The molecule has 0 fully saturated rings. The highest BCUT2D eigenvalue weighted by molar-refractivity contribution is 6.23. The molecule has 28 heavy (non-hydrogen) atoms. The molecule has 0 radical (unpaired) electrons. The van der Waals surface area contributed by atoms with Crippen LogP contribution < -0.4 is 11.6 Å². The summed E-state index contributed by atoms with van der Waals surface area (Å²) in [5.74, 6) is 5.53. The molecule has 0 spiro atoms. The maximum absolute atomic E-state index is 5.83. The lowest BCUT2D eigenvalue weighted by Crippen LogP contribution is -2.22. The van der Waals surface area contributed by atoms with E-state index in [1.807, 2.05) is 0 Å². The van der Waals surface area contributed by atoms with Gasteiger partial charge in [0.25, 0.3) is 0 Å². The molecule has 0 atom stereocenters. The first-order valence-electron chi connectivity index (χ1n) is 9.80. The van der Waals surface area contributed by atoms with Gasteiger partial charge in [0.2, 0.25) is 0 Å². The van der Waals surface area contributed by atoms with Crippen molar-refractivity contribution in [3.05, 3.63) is 72.1 Å². The highest BCUT2D eigenvalue weighted by Crippen LogP contribution is 2.36. The lowest BCUT2D eigenvalue weighted by atomic mass is 9.91. The van der Waals surface area contributed by atoms with Gasteiger partial charge in [0, 0.05) is 19.9 Å². The molecule has 0 aliphatic rings. The zero-order valence-electron chi connectivity index (χ0n) is 16.3. The smallest absolute Gasteiger partial charge is 0.0875 e. The number of benzene rings is 4. The van der Waals surface area contributed by atoms with Crippen LogP contribution in [0, 0.1) is 0 Å². The minimum Gasteiger partial charge on any atom is -0.399 e. The molecule has 4 aromatic carbocycles. The number of hydrogen-bond acceptors (Lipinski definition) is 4. The average Bonchev–Trinajstić information content (AvgIpc) is 2.69. The summed E-state index contributed by atoms with van der Waals surface area (Å²) in [6.45, 7) is 1.12. The van der Waals surface area contributed by atoms with Gasteiger partial charge in [-0.25, -0.2) is 5.84 Å². The topological polar surface area (TPSA) is 64.5 Å². The lowest BCUT2D eigenvalue weighted by molar-refractivity contribution is 0.150. The Bertz CT molecular complexity index is 1100. The monoisotopic (exact) mass is 373 g/mol. The summed E-state index contributed by atoms with van der Waals surface area (Å²) < 4.78 is 5.64. The van der Waals surface area contributed by atoms with Gasteiger partial charge in [-0.05, 0) is 57.1 Å². The van der Waals surface area contributed by atoms with Crippen molar-refractivity contribution in [1.29, 1.82) is 0 Å². The minimum absolute atomic E-state index is 0.417. The second kappa shape index (κ2) is 8.05. The van der Waals surface area contributed by atoms with Crippen LogP contribution in [0.15, 0.2) is 66.5 Å². The van der Waals surface area contributed by atoms with Gasteiger partial charge in [-0.2, -0.15) is 0 Å². The number of nitrogens with two attached hydrogens (primary N) is 2. The van der Waals surface area contributed by atoms with Crippen molar-refractivity contribution in [1.82, 2.24) is 5.01 Å². The lowest BCUT2D eigenvalue weighted by Gasteiger charge is -2.14. The van der Waals surface area contributed by atoms with Crippen molar-refractivity contribution < 1.29 is 4.74 Å². The molecule has 0 heterocycles. The summed E-state index contributed by atoms with van der Waals surface area (Å²) in [5, 5.41) is 9.54. The Kier molecular flexibility index (Phi) is 5.33. The summed E-state index contributed by atoms with van der Waals surface area (Å²) in [6.07, 6.45) is 4.82. The molecule has 4 nitrogen and oxygen atoms in total. The third-order valence-electron chi connectivity index (χ3n) is 5.24. The van der Waals surface area contributed by atoms with Crippen LogP contribution >= 0.6 is 0 Å². The second-order valence-electron chi connectivity index (χ2n) is 7.46. The van der Waals surface area contributed by atoms with E-state index in [0.717, 1.165) is 19.3 Å². The van der Waals surface area contributed by atoms with E-state index in [9.17, 15) is 0 Å². The third-order valence-corrected chi connectivity index (χ3v) is 5.24. The first-order chi connectivity index (χ1) is 13.6. The molecule has 0 aliphatic carbocycles. The van der Waals surface area contributed by atoms with Gasteiger partial charge >= 0.3 is 0 Å². The summed E-state index contributed by atoms with van der Waals surface area (Å²) >= 11 is 0. The van der Waals surface area contributed by atoms with Gasteiger partial charge in [0.1, 0.15) is 0 Å². The third kappa shape index (κ3) is 3.75. The number of unbranched alkanes of at least 4 members (excludes halogenated alkanes) is 1. The van der Waals surface area contributed by atoms with Crippen LogP contribution in [-0.2, 0) is 11.2 Å². The molecular weight excluding hydrogens is 346 g/mol. The van der Waals surface area contributed by atoms with E-state index in [4.69, 9.17) is 16.3 Å². The Labute approximate surface area is 165 Å². The fourth-order valence-electron chi connectivity index (χ4n) is 4.02. The second-order valence-corrected chi connectivity index (χ2v) is 7.46. The van der Waals surface area contributed by atoms with Gasteiger partial charge in [0.05, 0.1) is 12.3 Å². The molecule has 0 saturated carbocycles. The molecule has 0 aliphatic heterocycles. The van der Waals surface area contributed by atoms with E-state index >= 15 is 0 Å². The van der Waals surface area contributed by atoms with Crippen LogP contribution in [0.5, 0.6) is 0 Å². The molecular formula is C24H27N3O. The molecule has 0 saturated heterocycles. The van der Waals surface area contributed by atoms with Gasteiger partial charge in [0.15, 0.2) is 0 Å². The van der Waals surface area contributed by atoms with Gasteiger partial charge in [-0.1, -0.05) is 54.6 Å². The van der Waals surface area contributed by atoms with E-state index in [1.54, 1.807) is 13.2 Å². The van der Waals surface area contributed by atoms with E-state index in [0.29, 0.717) is 18.9 Å². The van der Waals surface area contributed by atoms with Crippen LogP contribution in [0.25, 0.3) is 32.3 Å².